The molecule has 0 radical (unpaired) electrons. The van der Waals surface area contributed by atoms with Crippen LogP contribution in [-0.4, -0.2) is 56.7 Å². The van der Waals surface area contributed by atoms with Crippen LogP contribution in [0.25, 0.3) is 0 Å². The van der Waals surface area contributed by atoms with E-state index in [9.17, 15) is 13.2 Å². The molecule has 0 aliphatic heterocycles. The van der Waals surface area contributed by atoms with Crippen LogP contribution in [0.15, 0.2) is 24.5 Å². The van der Waals surface area contributed by atoms with Gasteiger partial charge in [-0.1, -0.05) is 6.07 Å². The topological polar surface area (TPSA) is 88.6 Å². The summed E-state index contributed by atoms with van der Waals surface area (Å²) in [4.78, 5) is 15.8. The van der Waals surface area contributed by atoms with Gasteiger partial charge in [0.15, 0.2) is 0 Å². The van der Waals surface area contributed by atoms with Crippen LogP contribution in [0.5, 0.6) is 0 Å². The van der Waals surface area contributed by atoms with Gasteiger partial charge in [-0.2, -0.15) is 4.31 Å². The number of sulfonamides is 1. The van der Waals surface area contributed by atoms with Crippen molar-refractivity contribution >= 4 is 15.9 Å². The Morgan fingerprint density at radius 2 is 2.24 bits per heavy atom. The van der Waals surface area contributed by atoms with Crippen molar-refractivity contribution in [2.45, 2.75) is 13.0 Å². The summed E-state index contributed by atoms with van der Waals surface area (Å²) < 4.78 is 29.3. The highest BCUT2D eigenvalue weighted by atomic mass is 32.2. The van der Waals surface area contributed by atoms with E-state index in [1.807, 2.05) is 6.07 Å². The minimum atomic E-state index is -3.42. The maximum Gasteiger partial charge on any atom is 0.235 e. The van der Waals surface area contributed by atoms with Crippen molar-refractivity contribution in [2.75, 3.05) is 33.1 Å². The van der Waals surface area contributed by atoms with Crippen molar-refractivity contribution in [2.24, 2.45) is 0 Å². The van der Waals surface area contributed by atoms with E-state index in [0.29, 0.717) is 19.6 Å². The zero-order chi connectivity index (χ0) is 15.7. The molecule has 0 bridgehead atoms. The van der Waals surface area contributed by atoms with E-state index >= 15 is 0 Å². The number of carbonyl (C=O) groups is 1. The highest BCUT2D eigenvalue weighted by Crippen LogP contribution is 2.00. The molecule has 7 nitrogen and oxygen atoms in total. The highest BCUT2D eigenvalue weighted by molar-refractivity contribution is 7.88. The Morgan fingerprint density at radius 1 is 1.48 bits per heavy atom. The van der Waals surface area contributed by atoms with E-state index < -0.39 is 10.0 Å². The molecule has 0 spiro atoms. The Hall–Kier alpha value is -1.51. The van der Waals surface area contributed by atoms with E-state index in [2.05, 4.69) is 10.3 Å². The normalized spacial score (nSPS) is 11.6. The standard InChI is InChI=1S/C13H21N3O4S/c1-20-8-4-7-16(21(2,18)19)11-13(17)15-10-12-5-3-6-14-9-12/h3,5-6,9H,4,7-8,10-11H2,1-2H3,(H,15,17). The number of amides is 1. The highest BCUT2D eigenvalue weighted by Gasteiger charge is 2.19. The van der Waals surface area contributed by atoms with Crippen LogP contribution in [0.1, 0.15) is 12.0 Å². The van der Waals surface area contributed by atoms with Gasteiger partial charge in [-0.15, -0.1) is 0 Å². The summed E-state index contributed by atoms with van der Waals surface area (Å²) in [5, 5.41) is 2.68. The van der Waals surface area contributed by atoms with Crippen molar-refractivity contribution in [1.29, 1.82) is 0 Å². The maximum atomic E-state index is 11.8. The molecule has 0 fully saturated rings. The molecule has 1 N–H and O–H groups in total. The average Bonchev–Trinajstić information content (AvgIpc) is 2.44. The minimum Gasteiger partial charge on any atom is -0.385 e. The second kappa shape index (κ2) is 8.71. The van der Waals surface area contributed by atoms with Crippen LogP contribution in [0.4, 0.5) is 0 Å². The van der Waals surface area contributed by atoms with E-state index in [1.165, 1.54) is 0 Å². The lowest BCUT2D eigenvalue weighted by Gasteiger charge is -2.19. The van der Waals surface area contributed by atoms with Gasteiger partial charge in [-0.3, -0.25) is 9.78 Å². The van der Waals surface area contributed by atoms with E-state index in [-0.39, 0.29) is 19.0 Å². The molecule has 1 amide bonds. The fraction of sp³-hybridized carbons (Fsp3) is 0.538. The lowest BCUT2D eigenvalue weighted by Crippen LogP contribution is -2.40. The molecular formula is C13H21N3O4S. The van der Waals surface area contributed by atoms with Gasteiger partial charge in [0.05, 0.1) is 12.8 Å². The second-order valence-corrected chi connectivity index (χ2v) is 6.56. The van der Waals surface area contributed by atoms with E-state index in [1.54, 1.807) is 25.6 Å². The minimum absolute atomic E-state index is 0.192. The van der Waals surface area contributed by atoms with Crippen LogP contribution in [-0.2, 0) is 26.1 Å². The molecule has 1 aromatic rings. The number of hydrogen-bond donors (Lipinski definition) is 1. The summed E-state index contributed by atoms with van der Waals surface area (Å²) in [5.74, 6) is -0.346. The Morgan fingerprint density at radius 3 is 2.81 bits per heavy atom. The van der Waals surface area contributed by atoms with Crippen LogP contribution < -0.4 is 5.32 Å². The van der Waals surface area contributed by atoms with Crippen molar-refractivity contribution in [3.8, 4) is 0 Å². The zero-order valence-electron chi connectivity index (χ0n) is 12.3. The maximum absolute atomic E-state index is 11.8. The molecule has 0 aliphatic rings. The first-order valence-electron chi connectivity index (χ1n) is 6.53. The third-order valence-corrected chi connectivity index (χ3v) is 4.01. The Labute approximate surface area is 125 Å². The lowest BCUT2D eigenvalue weighted by molar-refractivity contribution is -0.121. The number of aromatic nitrogens is 1. The summed E-state index contributed by atoms with van der Waals surface area (Å²) in [5.41, 5.74) is 0.858. The van der Waals surface area contributed by atoms with Gasteiger partial charge in [-0.05, 0) is 18.1 Å². The number of methoxy groups -OCH3 is 1. The third-order valence-electron chi connectivity index (χ3n) is 2.76. The number of nitrogens with zero attached hydrogens (tertiary/aromatic N) is 2. The number of ether oxygens (including phenoxy) is 1. The molecule has 1 aromatic heterocycles. The fourth-order valence-corrected chi connectivity index (χ4v) is 2.48. The van der Waals surface area contributed by atoms with Gasteiger partial charge in [0.2, 0.25) is 15.9 Å². The molecule has 0 saturated carbocycles. The first-order valence-corrected chi connectivity index (χ1v) is 8.38. The summed E-state index contributed by atoms with van der Waals surface area (Å²) in [7, 11) is -1.87. The van der Waals surface area contributed by atoms with Gasteiger partial charge >= 0.3 is 0 Å². The lowest BCUT2D eigenvalue weighted by atomic mass is 10.3. The van der Waals surface area contributed by atoms with Gasteiger partial charge in [-0.25, -0.2) is 8.42 Å². The molecule has 1 heterocycles. The molecule has 118 valence electrons. The average molecular weight is 315 g/mol. The molecular weight excluding hydrogens is 294 g/mol. The summed E-state index contributed by atoms with van der Waals surface area (Å²) in [6, 6.07) is 3.61. The molecule has 0 aromatic carbocycles. The molecule has 0 unspecified atom stereocenters. The van der Waals surface area contributed by atoms with Crippen LogP contribution in [0, 0.1) is 0 Å². The SMILES string of the molecule is COCCCN(CC(=O)NCc1cccnc1)S(C)(=O)=O. The summed E-state index contributed by atoms with van der Waals surface area (Å²) in [6.45, 7) is 0.835. The first-order chi connectivity index (χ1) is 9.93. The van der Waals surface area contributed by atoms with Crippen LogP contribution in [0.2, 0.25) is 0 Å². The van der Waals surface area contributed by atoms with E-state index in [0.717, 1.165) is 16.1 Å². The van der Waals surface area contributed by atoms with Gasteiger partial charge < -0.3 is 10.1 Å². The van der Waals surface area contributed by atoms with Crippen molar-refractivity contribution < 1.29 is 17.9 Å². The van der Waals surface area contributed by atoms with Gasteiger partial charge in [0, 0.05) is 39.2 Å². The molecule has 0 saturated heterocycles. The summed E-state index contributed by atoms with van der Waals surface area (Å²) in [6.07, 6.45) is 4.92. The Balaban J connectivity index is 2.48. The third kappa shape index (κ3) is 7.16. The Kier molecular flexibility index (Phi) is 7.27. The molecule has 0 atom stereocenters. The number of rotatable bonds is 9. The molecule has 0 aliphatic carbocycles. The fourth-order valence-electron chi connectivity index (χ4n) is 1.67. The summed E-state index contributed by atoms with van der Waals surface area (Å²) >= 11 is 0. The predicted octanol–water partition coefficient (Wildman–Crippen LogP) is -0.00410. The molecule has 21 heavy (non-hydrogen) atoms. The van der Waals surface area contributed by atoms with E-state index in [4.69, 9.17) is 4.74 Å². The number of carbonyl (C=O) groups excluding carboxylic acids is 1. The van der Waals surface area contributed by atoms with Crippen LogP contribution >= 0.6 is 0 Å². The first kappa shape index (κ1) is 17.5. The van der Waals surface area contributed by atoms with Crippen molar-refractivity contribution in [1.82, 2.24) is 14.6 Å². The molecule has 8 heteroatoms. The van der Waals surface area contributed by atoms with Gasteiger partial charge in [0.25, 0.3) is 0 Å². The number of nitrogens with one attached hydrogen (secondary N) is 1. The Bertz CT molecular complexity index is 534. The predicted molar refractivity (Wildman–Crippen MR) is 79.0 cm³/mol. The quantitative estimate of drug-likeness (QED) is 0.648. The van der Waals surface area contributed by atoms with Gasteiger partial charge in [0.1, 0.15) is 0 Å². The number of hydrogen-bond acceptors (Lipinski definition) is 5. The zero-order valence-corrected chi connectivity index (χ0v) is 13.1. The van der Waals surface area contributed by atoms with Crippen molar-refractivity contribution in [3.05, 3.63) is 30.1 Å². The van der Waals surface area contributed by atoms with Crippen molar-refractivity contribution in [3.63, 3.8) is 0 Å². The van der Waals surface area contributed by atoms with Crippen LogP contribution in [0.3, 0.4) is 0 Å². The second-order valence-electron chi connectivity index (χ2n) is 4.58. The smallest absolute Gasteiger partial charge is 0.235 e. The largest absolute Gasteiger partial charge is 0.385 e. The number of pyridine rings is 1. The monoisotopic (exact) mass is 315 g/mol. The molecule has 1 rings (SSSR count).